The fourth-order valence-corrected chi connectivity index (χ4v) is 4.40. The lowest BCUT2D eigenvalue weighted by Gasteiger charge is -2.21. The first-order valence-electron chi connectivity index (χ1n) is 9.84. The van der Waals surface area contributed by atoms with Crippen LogP contribution in [0.4, 0.5) is 0 Å². The number of aryl methyl sites for hydroxylation is 1. The Morgan fingerprint density at radius 2 is 1.65 bits per heavy atom. The molecule has 3 rings (SSSR count). The molecule has 0 aliphatic heterocycles. The minimum Gasteiger partial charge on any atom is -0.348 e. The predicted molar refractivity (Wildman–Crippen MR) is 121 cm³/mol. The molecular weight excluding hydrogens is 410 g/mol. The topological polar surface area (TPSA) is 79.4 Å². The number of carbonyl (C=O) groups excluding carboxylic acids is 1. The first kappa shape index (κ1) is 22.4. The van der Waals surface area contributed by atoms with Gasteiger partial charge in [-0.3, -0.25) is 9.78 Å². The molecule has 1 heterocycles. The highest BCUT2D eigenvalue weighted by molar-refractivity contribution is 7.89. The van der Waals surface area contributed by atoms with Gasteiger partial charge in [0.15, 0.2) is 0 Å². The Morgan fingerprint density at radius 1 is 1.00 bits per heavy atom. The number of benzene rings is 2. The standard InChI is InChI=1S/C24H25N3O3S/c1-3-16-27(31(29,30)23-10-4-19(2)5-11-23)18-21-6-8-22(9-7-21)24(28)26-17-20-12-14-25-15-13-20/h3-15H,1,16-18H2,2H3,(H,26,28). The van der Waals surface area contributed by atoms with Crippen molar-refractivity contribution in [2.24, 2.45) is 0 Å². The van der Waals surface area contributed by atoms with E-state index < -0.39 is 10.0 Å². The lowest BCUT2D eigenvalue weighted by Crippen LogP contribution is -2.31. The van der Waals surface area contributed by atoms with Crippen molar-refractivity contribution in [1.82, 2.24) is 14.6 Å². The zero-order chi connectivity index (χ0) is 22.3. The highest BCUT2D eigenvalue weighted by atomic mass is 32.2. The van der Waals surface area contributed by atoms with E-state index in [4.69, 9.17) is 0 Å². The smallest absolute Gasteiger partial charge is 0.251 e. The van der Waals surface area contributed by atoms with Crippen molar-refractivity contribution in [2.45, 2.75) is 24.9 Å². The molecule has 0 bridgehead atoms. The van der Waals surface area contributed by atoms with E-state index in [1.165, 1.54) is 4.31 Å². The molecule has 160 valence electrons. The van der Waals surface area contributed by atoms with Crippen LogP contribution >= 0.6 is 0 Å². The molecule has 31 heavy (non-hydrogen) atoms. The number of carbonyl (C=O) groups is 1. The highest BCUT2D eigenvalue weighted by Crippen LogP contribution is 2.19. The van der Waals surface area contributed by atoms with Crippen molar-refractivity contribution in [3.05, 3.63) is 108 Å². The third kappa shape index (κ3) is 5.87. The van der Waals surface area contributed by atoms with Gasteiger partial charge in [0.2, 0.25) is 10.0 Å². The van der Waals surface area contributed by atoms with E-state index in [0.717, 1.165) is 16.7 Å². The second-order valence-electron chi connectivity index (χ2n) is 7.13. The van der Waals surface area contributed by atoms with E-state index in [2.05, 4.69) is 16.9 Å². The second kappa shape index (κ2) is 10.1. The SMILES string of the molecule is C=CCN(Cc1ccc(C(=O)NCc2ccncc2)cc1)S(=O)(=O)c1ccc(C)cc1. The van der Waals surface area contributed by atoms with Gasteiger partial charge in [-0.1, -0.05) is 35.9 Å². The summed E-state index contributed by atoms with van der Waals surface area (Å²) >= 11 is 0. The number of amides is 1. The van der Waals surface area contributed by atoms with Crippen LogP contribution in [-0.4, -0.2) is 30.2 Å². The molecule has 0 saturated heterocycles. The lowest BCUT2D eigenvalue weighted by molar-refractivity contribution is 0.0951. The van der Waals surface area contributed by atoms with Crippen LogP contribution < -0.4 is 5.32 Å². The van der Waals surface area contributed by atoms with Crippen molar-refractivity contribution in [1.29, 1.82) is 0 Å². The minimum atomic E-state index is -3.67. The van der Waals surface area contributed by atoms with Crippen LogP contribution in [0.5, 0.6) is 0 Å². The summed E-state index contributed by atoms with van der Waals surface area (Å²) < 4.78 is 27.4. The number of nitrogens with one attached hydrogen (secondary N) is 1. The summed E-state index contributed by atoms with van der Waals surface area (Å²) in [6.07, 6.45) is 4.92. The van der Waals surface area contributed by atoms with E-state index in [9.17, 15) is 13.2 Å². The quantitative estimate of drug-likeness (QED) is 0.520. The van der Waals surface area contributed by atoms with Crippen LogP contribution in [0.3, 0.4) is 0 Å². The van der Waals surface area contributed by atoms with Crippen LogP contribution in [0.1, 0.15) is 27.0 Å². The molecule has 1 N–H and O–H groups in total. The average molecular weight is 436 g/mol. The van der Waals surface area contributed by atoms with Gasteiger partial charge in [0, 0.05) is 37.6 Å². The largest absolute Gasteiger partial charge is 0.348 e. The Balaban J connectivity index is 1.69. The summed E-state index contributed by atoms with van der Waals surface area (Å²) in [7, 11) is -3.67. The average Bonchev–Trinajstić information content (AvgIpc) is 2.78. The van der Waals surface area contributed by atoms with Crippen molar-refractivity contribution < 1.29 is 13.2 Å². The fraction of sp³-hybridized carbons (Fsp3) is 0.167. The molecule has 2 aromatic carbocycles. The van der Waals surface area contributed by atoms with Crippen LogP contribution in [0, 0.1) is 6.92 Å². The van der Waals surface area contributed by atoms with Gasteiger partial charge in [0.25, 0.3) is 5.91 Å². The van der Waals surface area contributed by atoms with E-state index >= 15 is 0 Å². The maximum absolute atomic E-state index is 13.0. The molecule has 3 aromatic rings. The monoisotopic (exact) mass is 435 g/mol. The molecule has 0 atom stereocenters. The molecule has 7 heteroatoms. The van der Waals surface area contributed by atoms with E-state index in [-0.39, 0.29) is 23.9 Å². The van der Waals surface area contributed by atoms with Gasteiger partial charge in [-0.2, -0.15) is 4.31 Å². The number of sulfonamides is 1. The first-order valence-corrected chi connectivity index (χ1v) is 11.3. The van der Waals surface area contributed by atoms with Crippen molar-refractivity contribution in [2.75, 3.05) is 6.54 Å². The second-order valence-corrected chi connectivity index (χ2v) is 9.07. The summed E-state index contributed by atoms with van der Waals surface area (Å²) in [5.74, 6) is -0.196. The Labute approximate surface area is 183 Å². The zero-order valence-electron chi connectivity index (χ0n) is 17.4. The zero-order valence-corrected chi connectivity index (χ0v) is 18.2. The maximum Gasteiger partial charge on any atom is 0.251 e. The molecule has 0 radical (unpaired) electrons. The van der Waals surface area contributed by atoms with E-state index in [0.29, 0.717) is 12.1 Å². The van der Waals surface area contributed by atoms with Gasteiger partial charge in [-0.15, -0.1) is 6.58 Å². The number of rotatable bonds is 9. The Morgan fingerprint density at radius 3 is 2.26 bits per heavy atom. The van der Waals surface area contributed by atoms with Crippen molar-refractivity contribution in [3.63, 3.8) is 0 Å². The van der Waals surface area contributed by atoms with Crippen LogP contribution in [0.2, 0.25) is 0 Å². The van der Waals surface area contributed by atoms with E-state index in [1.54, 1.807) is 67.0 Å². The summed E-state index contributed by atoms with van der Waals surface area (Å²) in [5.41, 5.74) is 3.24. The Kier molecular flexibility index (Phi) is 7.33. The molecule has 0 aliphatic carbocycles. The third-order valence-corrected chi connectivity index (χ3v) is 6.59. The Hall–Kier alpha value is -3.29. The van der Waals surface area contributed by atoms with Crippen LogP contribution in [-0.2, 0) is 23.1 Å². The van der Waals surface area contributed by atoms with Gasteiger partial charge in [-0.05, 0) is 54.4 Å². The van der Waals surface area contributed by atoms with Gasteiger partial charge in [0.05, 0.1) is 4.90 Å². The summed E-state index contributed by atoms with van der Waals surface area (Å²) in [4.78, 5) is 16.6. The minimum absolute atomic E-state index is 0.182. The van der Waals surface area contributed by atoms with Gasteiger partial charge >= 0.3 is 0 Å². The van der Waals surface area contributed by atoms with Gasteiger partial charge < -0.3 is 5.32 Å². The molecule has 1 aromatic heterocycles. The molecule has 0 aliphatic rings. The third-order valence-electron chi connectivity index (χ3n) is 4.77. The van der Waals surface area contributed by atoms with E-state index in [1.807, 2.05) is 19.1 Å². The van der Waals surface area contributed by atoms with Crippen LogP contribution in [0.25, 0.3) is 0 Å². The number of hydrogen-bond donors (Lipinski definition) is 1. The Bertz CT molecular complexity index is 1130. The summed E-state index contributed by atoms with van der Waals surface area (Å²) in [5, 5.41) is 2.86. The normalized spacial score (nSPS) is 11.3. The lowest BCUT2D eigenvalue weighted by atomic mass is 10.1. The number of aromatic nitrogens is 1. The molecule has 0 fully saturated rings. The molecular formula is C24H25N3O3S. The predicted octanol–water partition coefficient (Wildman–Crippen LogP) is 3.70. The molecule has 0 unspecified atom stereocenters. The maximum atomic E-state index is 13.0. The highest BCUT2D eigenvalue weighted by Gasteiger charge is 2.23. The summed E-state index contributed by atoms with van der Waals surface area (Å²) in [6, 6.07) is 17.4. The number of hydrogen-bond acceptors (Lipinski definition) is 4. The number of nitrogens with zero attached hydrogens (tertiary/aromatic N) is 2. The summed E-state index contributed by atoms with van der Waals surface area (Å²) in [6.45, 7) is 6.37. The van der Waals surface area contributed by atoms with Crippen LogP contribution in [0.15, 0.2) is 90.6 Å². The van der Waals surface area contributed by atoms with Gasteiger partial charge in [-0.25, -0.2) is 8.42 Å². The van der Waals surface area contributed by atoms with Crippen molar-refractivity contribution >= 4 is 15.9 Å². The van der Waals surface area contributed by atoms with Gasteiger partial charge in [0.1, 0.15) is 0 Å². The van der Waals surface area contributed by atoms with Crippen molar-refractivity contribution in [3.8, 4) is 0 Å². The molecule has 0 saturated carbocycles. The first-order chi connectivity index (χ1) is 14.9. The number of pyridine rings is 1. The molecule has 6 nitrogen and oxygen atoms in total. The molecule has 0 spiro atoms. The molecule has 1 amide bonds. The fourth-order valence-electron chi connectivity index (χ4n) is 3.00.